The van der Waals surface area contributed by atoms with Crippen molar-refractivity contribution >= 4 is 12.4 Å². The van der Waals surface area contributed by atoms with Gasteiger partial charge in [-0.3, -0.25) is 0 Å². The summed E-state index contributed by atoms with van der Waals surface area (Å²) in [6, 6.07) is 6.69. The Morgan fingerprint density at radius 3 is 3.07 bits per heavy atom. The molecule has 1 aromatic rings. The van der Waals surface area contributed by atoms with Gasteiger partial charge in [-0.15, -0.1) is 12.4 Å². The van der Waals surface area contributed by atoms with E-state index in [2.05, 4.69) is 23.5 Å². The summed E-state index contributed by atoms with van der Waals surface area (Å²) >= 11 is 0. The van der Waals surface area contributed by atoms with Crippen LogP contribution in [0.25, 0.3) is 0 Å². The third-order valence-electron chi connectivity index (χ3n) is 3.25. The fraction of sp³-hybridized carbons (Fsp3) is 0.500. The van der Waals surface area contributed by atoms with Gasteiger partial charge in [0.05, 0.1) is 6.61 Å². The van der Waals surface area contributed by atoms with E-state index in [1.807, 2.05) is 0 Å². The Balaban J connectivity index is 0.000000853. The Morgan fingerprint density at radius 2 is 2.27 bits per heavy atom. The highest BCUT2D eigenvalue weighted by molar-refractivity contribution is 5.85. The third-order valence-corrected chi connectivity index (χ3v) is 3.25. The predicted molar refractivity (Wildman–Crippen MR) is 63.1 cm³/mol. The molecule has 0 bridgehead atoms. The van der Waals surface area contributed by atoms with E-state index in [-0.39, 0.29) is 12.4 Å². The zero-order chi connectivity index (χ0) is 9.38. The quantitative estimate of drug-likeness (QED) is 0.791. The van der Waals surface area contributed by atoms with Crippen molar-refractivity contribution in [3.8, 4) is 5.75 Å². The summed E-state index contributed by atoms with van der Waals surface area (Å²) in [6.45, 7) is 3.17. The molecule has 1 aromatic carbocycles. The van der Waals surface area contributed by atoms with Gasteiger partial charge >= 0.3 is 0 Å². The lowest BCUT2D eigenvalue weighted by atomic mass is 9.96. The van der Waals surface area contributed by atoms with Gasteiger partial charge in [-0.05, 0) is 36.1 Å². The van der Waals surface area contributed by atoms with Crippen LogP contribution in [0.2, 0.25) is 0 Å². The molecular weight excluding hydrogens is 210 g/mol. The Kier molecular flexibility index (Phi) is 3.17. The van der Waals surface area contributed by atoms with Crippen LogP contribution in [0.5, 0.6) is 5.75 Å². The number of nitrogens with one attached hydrogen (secondary N) is 1. The van der Waals surface area contributed by atoms with E-state index in [9.17, 15) is 0 Å². The molecule has 3 heteroatoms. The number of rotatable bonds is 1. The molecule has 1 fully saturated rings. The van der Waals surface area contributed by atoms with Gasteiger partial charge in [-0.25, -0.2) is 0 Å². The van der Waals surface area contributed by atoms with Crippen LogP contribution in [0.4, 0.5) is 0 Å². The molecule has 1 unspecified atom stereocenters. The normalized spacial score (nSPS) is 23.1. The molecular formula is C12H16ClNO. The SMILES string of the molecule is Cl.c1cc2c(cc1C1CCNC1)CCO2. The number of benzene rings is 1. The summed E-state index contributed by atoms with van der Waals surface area (Å²) < 4.78 is 5.50. The zero-order valence-electron chi connectivity index (χ0n) is 8.66. The number of hydrogen-bond acceptors (Lipinski definition) is 2. The number of halogens is 1. The second-order valence-corrected chi connectivity index (χ2v) is 4.16. The van der Waals surface area contributed by atoms with E-state index in [4.69, 9.17) is 4.74 Å². The molecule has 2 aliphatic rings. The molecule has 3 rings (SSSR count). The minimum atomic E-state index is 0. The molecule has 2 aliphatic heterocycles. The Hall–Kier alpha value is -0.730. The first-order valence-electron chi connectivity index (χ1n) is 5.40. The standard InChI is InChI=1S/C12H15NO.ClH/c1-2-12-10(4-6-14-12)7-9(1)11-3-5-13-8-11;/h1-2,7,11,13H,3-6,8H2;1H. The summed E-state index contributed by atoms with van der Waals surface area (Å²) in [6.07, 6.45) is 2.36. The number of ether oxygens (including phenoxy) is 1. The molecule has 0 saturated carbocycles. The predicted octanol–water partition coefficient (Wildman–Crippen LogP) is 2.12. The smallest absolute Gasteiger partial charge is 0.122 e. The first-order valence-corrected chi connectivity index (χ1v) is 5.40. The first-order chi connectivity index (χ1) is 6.93. The van der Waals surface area contributed by atoms with Gasteiger partial charge in [0.1, 0.15) is 5.75 Å². The molecule has 2 heterocycles. The summed E-state index contributed by atoms with van der Waals surface area (Å²) in [5.41, 5.74) is 2.88. The van der Waals surface area contributed by atoms with Crippen molar-refractivity contribution < 1.29 is 4.74 Å². The summed E-state index contributed by atoms with van der Waals surface area (Å²) in [4.78, 5) is 0. The van der Waals surface area contributed by atoms with Gasteiger partial charge in [0.25, 0.3) is 0 Å². The van der Waals surface area contributed by atoms with Gasteiger partial charge in [0.2, 0.25) is 0 Å². The van der Waals surface area contributed by atoms with Crippen molar-refractivity contribution in [2.75, 3.05) is 19.7 Å². The van der Waals surface area contributed by atoms with Gasteiger partial charge in [-0.1, -0.05) is 12.1 Å². The maximum absolute atomic E-state index is 5.50. The molecule has 1 saturated heterocycles. The van der Waals surface area contributed by atoms with E-state index < -0.39 is 0 Å². The fourth-order valence-electron chi connectivity index (χ4n) is 2.40. The molecule has 0 radical (unpaired) electrons. The van der Waals surface area contributed by atoms with Crippen LogP contribution >= 0.6 is 12.4 Å². The second kappa shape index (κ2) is 4.42. The number of fused-ring (bicyclic) bond motifs is 1. The average molecular weight is 226 g/mol. The van der Waals surface area contributed by atoms with Gasteiger partial charge in [-0.2, -0.15) is 0 Å². The Morgan fingerprint density at radius 1 is 1.33 bits per heavy atom. The monoisotopic (exact) mass is 225 g/mol. The van der Waals surface area contributed by atoms with Crippen LogP contribution in [-0.2, 0) is 6.42 Å². The molecule has 0 spiro atoms. The summed E-state index contributed by atoms with van der Waals surface area (Å²) in [5.74, 6) is 1.82. The van der Waals surface area contributed by atoms with E-state index in [1.165, 1.54) is 17.5 Å². The van der Waals surface area contributed by atoms with Crippen LogP contribution in [0.15, 0.2) is 18.2 Å². The largest absolute Gasteiger partial charge is 0.493 e. The highest BCUT2D eigenvalue weighted by atomic mass is 35.5. The molecule has 0 aromatic heterocycles. The van der Waals surface area contributed by atoms with Gasteiger partial charge < -0.3 is 10.1 Å². The van der Waals surface area contributed by atoms with Crippen molar-refractivity contribution in [1.82, 2.24) is 5.32 Å². The molecule has 0 aliphatic carbocycles. The lowest BCUT2D eigenvalue weighted by molar-refractivity contribution is 0.357. The van der Waals surface area contributed by atoms with Crippen molar-refractivity contribution in [3.63, 3.8) is 0 Å². The highest BCUT2D eigenvalue weighted by Gasteiger charge is 2.19. The van der Waals surface area contributed by atoms with Gasteiger partial charge in [0, 0.05) is 13.0 Å². The van der Waals surface area contributed by atoms with Crippen molar-refractivity contribution in [3.05, 3.63) is 29.3 Å². The summed E-state index contributed by atoms with van der Waals surface area (Å²) in [5, 5.41) is 3.41. The van der Waals surface area contributed by atoms with Gasteiger partial charge in [0.15, 0.2) is 0 Å². The topological polar surface area (TPSA) is 21.3 Å². The van der Waals surface area contributed by atoms with Crippen LogP contribution in [-0.4, -0.2) is 19.7 Å². The minimum Gasteiger partial charge on any atom is -0.493 e. The zero-order valence-corrected chi connectivity index (χ0v) is 9.48. The fourth-order valence-corrected chi connectivity index (χ4v) is 2.40. The Labute approximate surface area is 96.4 Å². The molecule has 1 N–H and O–H groups in total. The lowest BCUT2D eigenvalue weighted by Gasteiger charge is -2.09. The van der Waals surface area contributed by atoms with Crippen molar-refractivity contribution in [2.24, 2.45) is 0 Å². The van der Waals surface area contributed by atoms with Crippen LogP contribution in [0.1, 0.15) is 23.5 Å². The average Bonchev–Trinajstić information content (AvgIpc) is 2.88. The van der Waals surface area contributed by atoms with Crippen molar-refractivity contribution in [1.29, 1.82) is 0 Å². The van der Waals surface area contributed by atoms with E-state index in [0.717, 1.165) is 37.8 Å². The highest BCUT2D eigenvalue weighted by Crippen LogP contribution is 2.30. The maximum Gasteiger partial charge on any atom is 0.122 e. The second-order valence-electron chi connectivity index (χ2n) is 4.16. The molecule has 82 valence electrons. The third kappa shape index (κ3) is 1.97. The van der Waals surface area contributed by atoms with E-state index >= 15 is 0 Å². The number of hydrogen-bond donors (Lipinski definition) is 1. The Bertz CT molecular complexity index is 347. The van der Waals surface area contributed by atoms with Crippen LogP contribution < -0.4 is 10.1 Å². The molecule has 0 amide bonds. The minimum absolute atomic E-state index is 0. The van der Waals surface area contributed by atoms with Crippen LogP contribution in [0.3, 0.4) is 0 Å². The maximum atomic E-state index is 5.50. The van der Waals surface area contributed by atoms with E-state index in [0.29, 0.717) is 0 Å². The lowest BCUT2D eigenvalue weighted by Crippen LogP contribution is -2.07. The molecule has 2 nitrogen and oxygen atoms in total. The summed E-state index contributed by atoms with van der Waals surface area (Å²) in [7, 11) is 0. The van der Waals surface area contributed by atoms with Crippen LogP contribution in [0, 0.1) is 0 Å². The molecule has 15 heavy (non-hydrogen) atoms. The first kappa shape index (κ1) is 10.8. The molecule has 1 atom stereocenters. The van der Waals surface area contributed by atoms with E-state index in [1.54, 1.807) is 0 Å². The van der Waals surface area contributed by atoms with Crippen molar-refractivity contribution in [2.45, 2.75) is 18.8 Å².